The molecule has 0 atom stereocenters. The number of allylic oxidation sites excluding steroid dienone is 1. The molecule has 0 radical (unpaired) electrons. The summed E-state index contributed by atoms with van der Waals surface area (Å²) in [6, 6.07) is 26.0. The number of nitrogens with zero attached hydrogens (tertiary/aromatic N) is 3. The van der Waals surface area contributed by atoms with Crippen LogP contribution in [0.15, 0.2) is 78.4 Å². The number of nitriles is 1. The lowest BCUT2D eigenvalue weighted by Crippen LogP contribution is -2.05. The first-order chi connectivity index (χ1) is 15.2. The number of para-hydroxylation sites is 2. The molecule has 0 bridgehead atoms. The van der Waals surface area contributed by atoms with E-state index in [0.717, 1.165) is 58.5 Å². The van der Waals surface area contributed by atoms with Gasteiger partial charge in [0.25, 0.3) is 0 Å². The van der Waals surface area contributed by atoms with Crippen LogP contribution in [0.5, 0.6) is 0 Å². The van der Waals surface area contributed by atoms with E-state index in [1.165, 1.54) is 0 Å². The molecule has 5 rings (SSSR count). The van der Waals surface area contributed by atoms with Crippen molar-refractivity contribution < 1.29 is 4.79 Å². The number of fused-ring (bicyclic) bond motifs is 2. The van der Waals surface area contributed by atoms with Crippen LogP contribution in [0.25, 0.3) is 16.6 Å². The van der Waals surface area contributed by atoms with E-state index in [4.69, 9.17) is 4.98 Å². The lowest BCUT2D eigenvalue weighted by atomic mass is 9.97. The fourth-order valence-corrected chi connectivity index (χ4v) is 4.36. The third-order valence-electron chi connectivity index (χ3n) is 5.82. The van der Waals surface area contributed by atoms with Crippen LogP contribution in [0.1, 0.15) is 46.2 Å². The molecular weight excluding hydrogens is 382 g/mol. The minimum absolute atomic E-state index is 0.189. The molecular formula is C27H21N3O. The Morgan fingerprint density at radius 1 is 0.935 bits per heavy atom. The number of imidazole rings is 1. The largest absolute Gasteiger partial charge is 0.323 e. The van der Waals surface area contributed by atoms with Crippen molar-refractivity contribution in [1.29, 1.82) is 5.26 Å². The number of carbonyl (C=O) groups is 1. The first-order valence-corrected chi connectivity index (χ1v) is 10.5. The minimum atomic E-state index is -0.189. The van der Waals surface area contributed by atoms with Crippen molar-refractivity contribution in [3.8, 4) is 6.07 Å². The summed E-state index contributed by atoms with van der Waals surface area (Å²) in [7, 11) is 0. The maximum Gasteiger partial charge on any atom is 0.204 e. The summed E-state index contributed by atoms with van der Waals surface area (Å²) in [5, 5.41) is 9.61. The van der Waals surface area contributed by atoms with Gasteiger partial charge in [0.05, 0.1) is 11.0 Å². The quantitative estimate of drug-likeness (QED) is 0.438. The van der Waals surface area contributed by atoms with Gasteiger partial charge in [-0.15, -0.1) is 0 Å². The van der Waals surface area contributed by atoms with Gasteiger partial charge in [0.15, 0.2) is 0 Å². The van der Waals surface area contributed by atoms with Crippen LogP contribution in [0.3, 0.4) is 0 Å². The maximum atomic E-state index is 12.6. The summed E-state index contributed by atoms with van der Waals surface area (Å²) < 4.78 is 2.28. The molecule has 0 amide bonds. The summed E-state index contributed by atoms with van der Waals surface area (Å²) in [5.74, 6) is 0.906. The van der Waals surface area contributed by atoms with E-state index in [1.807, 2.05) is 42.5 Å². The second kappa shape index (κ2) is 7.70. The van der Waals surface area contributed by atoms with Gasteiger partial charge in [0.2, 0.25) is 5.78 Å². The van der Waals surface area contributed by atoms with Crippen LogP contribution in [-0.2, 0) is 13.0 Å². The molecule has 0 spiro atoms. The average molecular weight is 403 g/mol. The number of carbonyl (C=O) groups excluding carboxylic acids is 1. The smallest absolute Gasteiger partial charge is 0.204 e. The molecule has 0 aliphatic heterocycles. The van der Waals surface area contributed by atoms with Crippen molar-refractivity contribution in [1.82, 2.24) is 9.55 Å². The van der Waals surface area contributed by atoms with Crippen LogP contribution >= 0.6 is 0 Å². The van der Waals surface area contributed by atoms with Crippen LogP contribution in [0, 0.1) is 11.3 Å². The number of rotatable bonds is 5. The first kappa shape index (κ1) is 19.0. The highest BCUT2D eigenvalue weighted by Gasteiger charge is 2.30. The van der Waals surface area contributed by atoms with E-state index in [-0.39, 0.29) is 11.4 Å². The highest BCUT2D eigenvalue weighted by Crippen LogP contribution is 2.37. The second-order valence-electron chi connectivity index (χ2n) is 7.79. The van der Waals surface area contributed by atoms with Crippen LogP contribution in [0.4, 0.5) is 0 Å². The molecule has 1 aromatic heterocycles. The Kier molecular flexibility index (Phi) is 4.72. The number of benzene rings is 3. The monoisotopic (exact) mass is 403 g/mol. The Balaban J connectivity index is 1.52. The topological polar surface area (TPSA) is 58.7 Å². The van der Waals surface area contributed by atoms with Crippen molar-refractivity contribution in [2.45, 2.75) is 26.3 Å². The summed E-state index contributed by atoms with van der Waals surface area (Å²) in [6.07, 6.45) is 1.98. The van der Waals surface area contributed by atoms with Gasteiger partial charge in [-0.3, -0.25) is 4.79 Å². The summed E-state index contributed by atoms with van der Waals surface area (Å²) >= 11 is 0. The number of hydrogen-bond donors (Lipinski definition) is 0. The lowest BCUT2D eigenvalue weighted by Gasteiger charge is -2.11. The third kappa shape index (κ3) is 3.15. The minimum Gasteiger partial charge on any atom is -0.323 e. The SMILES string of the molecule is CCCc1nc2ccccc2n1Cc1ccc(C2=C(C#N)C(=O)c3ccccc32)cc1. The molecule has 4 heteroatoms. The molecule has 0 fully saturated rings. The number of hydrogen-bond acceptors (Lipinski definition) is 3. The molecule has 0 saturated heterocycles. The molecule has 1 aliphatic rings. The number of aryl methyl sites for hydroxylation is 1. The second-order valence-corrected chi connectivity index (χ2v) is 7.79. The normalized spacial score (nSPS) is 13.0. The first-order valence-electron chi connectivity index (χ1n) is 10.5. The van der Waals surface area contributed by atoms with Gasteiger partial charge in [-0.1, -0.05) is 67.6 Å². The molecule has 4 aromatic rings. The molecule has 150 valence electrons. The van der Waals surface area contributed by atoms with Crippen molar-refractivity contribution in [3.63, 3.8) is 0 Å². The zero-order chi connectivity index (χ0) is 21.4. The van der Waals surface area contributed by atoms with Crippen LogP contribution in [0.2, 0.25) is 0 Å². The Hall–Kier alpha value is -3.97. The fraction of sp³-hybridized carbons (Fsp3) is 0.148. The van der Waals surface area contributed by atoms with E-state index < -0.39 is 0 Å². The number of aromatic nitrogens is 2. The molecule has 0 unspecified atom stereocenters. The van der Waals surface area contributed by atoms with Gasteiger partial charge in [0.1, 0.15) is 17.5 Å². The summed E-state index contributed by atoms with van der Waals surface area (Å²) in [6.45, 7) is 2.90. The number of ketones is 1. The van der Waals surface area contributed by atoms with Crippen molar-refractivity contribution >= 4 is 22.4 Å². The molecule has 0 N–H and O–H groups in total. The molecule has 1 aliphatic carbocycles. The predicted octanol–water partition coefficient (Wildman–Crippen LogP) is 5.56. The van der Waals surface area contributed by atoms with Gasteiger partial charge < -0.3 is 4.57 Å². The van der Waals surface area contributed by atoms with Gasteiger partial charge in [0, 0.05) is 24.1 Å². The third-order valence-corrected chi connectivity index (χ3v) is 5.82. The van der Waals surface area contributed by atoms with Crippen LogP contribution in [-0.4, -0.2) is 15.3 Å². The molecule has 4 nitrogen and oxygen atoms in total. The Morgan fingerprint density at radius 3 is 2.39 bits per heavy atom. The highest BCUT2D eigenvalue weighted by molar-refractivity contribution is 6.25. The van der Waals surface area contributed by atoms with Crippen molar-refractivity contribution in [3.05, 3.63) is 106 Å². The predicted molar refractivity (Wildman–Crippen MR) is 122 cm³/mol. The van der Waals surface area contributed by atoms with Crippen molar-refractivity contribution in [2.24, 2.45) is 0 Å². The van der Waals surface area contributed by atoms with Gasteiger partial charge in [-0.25, -0.2) is 4.98 Å². The van der Waals surface area contributed by atoms with Crippen LogP contribution < -0.4 is 0 Å². The summed E-state index contributed by atoms with van der Waals surface area (Å²) in [5.41, 5.74) is 6.60. The van der Waals surface area contributed by atoms with E-state index in [2.05, 4.69) is 41.8 Å². The van der Waals surface area contributed by atoms with Gasteiger partial charge >= 0.3 is 0 Å². The maximum absolute atomic E-state index is 12.6. The average Bonchev–Trinajstić information content (AvgIpc) is 3.29. The Morgan fingerprint density at radius 2 is 1.65 bits per heavy atom. The highest BCUT2D eigenvalue weighted by atomic mass is 16.1. The van der Waals surface area contributed by atoms with Crippen molar-refractivity contribution in [2.75, 3.05) is 0 Å². The van der Waals surface area contributed by atoms with E-state index in [1.54, 1.807) is 6.07 Å². The Labute approximate surface area is 181 Å². The molecule has 1 heterocycles. The molecule has 3 aromatic carbocycles. The standard InChI is InChI=1S/C27H21N3O/c1-2-7-25-29-23-10-5-6-11-24(23)30(25)17-18-12-14-19(15-13-18)26-20-8-3-4-9-21(20)27(31)22(26)16-28/h3-6,8-15H,2,7,17H2,1H3. The van der Waals surface area contributed by atoms with E-state index in [0.29, 0.717) is 5.56 Å². The Bertz CT molecular complexity index is 1380. The molecule has 0 saturated carbocycles. The number of Topliss-reactive ketones (excluding diaryl/α,β-unsaturated/α-hetero) is 1. The zero-order valence-electron chi connectivity index (χ0n) is 17.3. The summed E-state index contributed by atoms with van der Waals surface area (Å²) in [4.78, 5) is 17.4. The van der Waals surface area contributed by atoms with E-state index in [9.17, 15) is 10.1 Å². The zero-order valence-corrected chi connectivity index (χ0v) is 17.3. The van der Waals surface area contributed by atoms with Gasteiger partial charge in [-0.05, 0) is 35.2 Å². The fourth-order valence-electron chi connectivity index (χ4n) is 4.36. The lowest BCUT2D eigenvalue weighted by molar-refractivity contribution is 0.104. The van der Waals surface area contributed by atoms with E-state index >= 15 is 0 Å². The van der Waals surface area contributed by atoms with Gasteiger partial charge in [-0.2, -0.15) is 5.26 Å². The molecule has 31 heavy (non-hydrogen) atoms.